The summed E-state index contributed by atoms with van der Waals surface area (Å²) in [4.78, 5) is 9.34. The van der Waals surface area contributed by atoms with Crippen molar-refractivity contribution >= 4 is 11.6 Å². The van der Waals surface area contributed by atoms with E-state index in [4.69, 9.17) is 33.4 Å². The molecule has 1 aromatic heterocycles. The first-order chi connectivity index (χ1) is 17.6. The van der Waals surface area contributed by atoms with Crippen molar-refractivity contribution in [3.63, 3.8) is 0 Å². The van der Waals surface area contributed by atoms with Crippen LogP contribution in [0.3, 0.4) is 0 Å². The van der Waals surface area contributed by atoms with Gasteiger partial charge in [-0.2, -0.15) is 4.98 Å². The molecule has 9 nitrogen and oxygen atoms in total. The van der Waals surface area contributed by atoms with Gasteiger partial charge in [0.1, 0.15) is 12.4 Å². The SMILES string of the molecule is COc1ccc(COc2cc(CCC3OCCCO3)nc(Nc3cc(OC)c(OC)cc3C)n2)cc1. The zero-order valence-corrected chi connectivity index (χ0v) is 21.2. The van der Waals surface area contributed by atoms with Gasteiger partial charge in [0.05, 0.1) is 34.5 Å². The number of aromatic nitrogens is 2. The molecule has 0 atom stereocenters. The van der Waals surface area contributed by atoms with E-state index < -0.39 is 0 Å². The molecule has 1 aliphatic heterocycles. The van der Waals surface area contributed by atoms with E-state index in [-0.39, 0.29) is 6.29 Å². The normalized spacial score (nSPS) is 13.8. The lowest BCUT2D eigenvalue weighted by Crippen LogP contribution is -2.25. The molecule has 9 heteroatoms. The van der Waals surface area contributed by atoms with Crippen molar-refractivity contribution in [1.29, 1.82) is 0 Å². The van der Waals surface area contributed by atoms with Gasteiger partial charge in [-0.3, -0.25) is 0 Å². The van der Waals surface area contributed by atoms with Crippen LogP contribution < -0.4 is 24.3 Å². The van der Waals surface area contributed by atoms with Crippen LogP contribution in [0.15, 0.2) is 42.5 Å². The Bertz CT molecular complexity index is 1130. The zero-order valence-electron chi connectivity index (χ0n) is 21.2. The average Bonchev–Trinajstić information content (AvgIpc) is 2.92. The zero-order chi connectivity index (χ0) is 25.3. The number of rotatable bonds is 11. The summed E-state index contributed by atoms with van der Waals surface area (Å²) in [6, 6.07) is 13.4. The van der Waals surface area contributed by atoms with Crippen LogP contribution in [0.1, 0.15) is 29.7 Å². The molecule has 1 aliphatic rings. The van der Waals surface area contributed by atoms with Gasteiger partial charge >= 0.3 is 0 Å². The largest absolute Gasteiger partial charge is 0.497 e. The molecule has 2 heterocycles. The maximum absolute atomic E-state index is 6.05. The molecule has 0 saturated carbocycles. The number of ether oxygens (including phenoxy) is 6. The lowest BCUT2D eigenvalue weighted by molar-refractivity contribution is -0.180. The van der Waals surface area contributed by atoms with Crippen LogP contribution in [0.4, 0.5) is 11.6 Å². The van der Waals surface area contributed by atoms with Crippen LogP contribution in [-0.4, -0.2) is 50.8 Å². The van der Waals surface area contributed by atoms with Crippen LogP contribution in [0, 0.1) is 6.92 Å². The van der Waals surface area contributed by atoms with Crippen LogP contribution in [-0.2, 0) is 22.5 Å². The fraction of sp³-hybridized carbons (Fsp3) is 0.407. The van der Waals surface area contributed by atoms with Gasteiger partial charge in [-0.15, -0.1) is 0 Å². The summed E-state index contributed by atoms with van der Waals surface area (Å²) in [6.07, 6.45) is 2.06. The first-order valence-corrected chi connectivity index (χ1v) is 11.9. The fourth-order valence-electron chi connectivity index (χ4n) is 3.81. The summed E-state index contributed by atoms with van der Waals surface area (Å²) in [5.74, 6) is 2.97. The number of hydrogen-bond acceptors (Lipinski definition) is 9. The van der Waals surface area contributed by atoms with Crippen LogP contribution in [0.25, 0.3) is 0 Å². The van der Waals surface area contributed by atoms with Gasteiger partial charge in [0, 0.05) is 29.9 Å². The molecule has 0 unspecified atom stereocenters. The van der Waals surface area contributed by atoms with Crippen molar-refractivity contribution in [3.8, 4) is 23.1 Å². The average molecular weight is 496 g/mol. The number of methoxy groups -OCH3 is 3. The highest BCUT2D eigenvalue weighted by Gasteiger charge is 2.16. The molecule has 3 aromatic rings. The molecule has 1 N–H and O–H groups in total. The standard InChI is InChI=1S/C27H33N3O6/c1-18-14-23(32-3)24(33-4)16-22(18)29-27-28-20(8-11-26-34-12-5-13-35-26)15-25(30-27)36-17-19-6-9-21(31-2)10-7-19/h6-7,9-10,14-16,26H,5,8,11-13,17H2,1-4H3,(H,28,29,30). The van der Waals surface area contributed by atoms with Gasteiger partial charge < -0.3 is 33.7 Å². The minimum absolute atomic E-state index is 0.220. The van der Waals surface area contributed by atoms with E-state index >= 15 is 0 Å². The molecule has 36 heavy (non-hydrogen) atoms. The molecule has 1 fully saturated rings. The summed E-state index contributed by atoms with van der Waals surface area (Å²) in [7, 11) is 4.86. The van der Waals surface area contributed by atoms with Gasteiger partial charge in [0.15, 0.2) is 17.8 Å². The highest BCUT2D eigenvalue weighted by Crippen LogP contribution is 2.34. The first-order valence-electron chi connectivity index (χ1n) is 11.9. The molecule has 1 saturated heterocycles. The number of aryl methyl sites for hydroxylation is 2. The maximum atomic E-state index is 6.05. The Morgan fingerprint density at radius 2 is 1.64 bits per heavy atom. The van der Waals surface area contributed by atoms with E-state index in [9.17, 15) is 0 Å². The number of nitrogens with one attached hydrogen (secondary N) is 1. The van der Waals surface area contributed by atoms with Gasteiger partial charge in [0.2, 0.25) is 11.8 Å². The van der Waals surface area contributed by atoms with E-state index in [1.807, 2.05) is 49.4 Å². The highest BCUT2D eigenvalue weighted by molar-refractivity contribution is 5.64. The topological polar surface area (TPSA) is 93.2 Å². The Morgan fingerprint density at radius 1 is 0.917 bits per heavy atom. The Labute approximate surface area is 211 Å². The number of anilines is 2. The predicted molar refractivity (Wildman–Crippen MR) is 136 cm³/mol. The summed E-state index contributed by atoms with van der Waals surface area (Å²) >= 11 is 0. The Kier molecular flexibility index (Phi) is 8.80. The van der Waals surface area contributed by atoms with Crippen LogP contribution >= 0.6 is 0 Å². The third-order valence-electron chi connectivity index (χ3n) is 5.81. The quantitative estimate of drug-likeness (QED) is 0.401. The van der Waals surface area contributed by atoms with Crippen molar-refractivity contribution in [2.75, 3.05) is 39.9 Å². The highest BCUT2D eigenvalue weighted by atomic mass is 16.7. The van der Waals surface area contributed by atoms with Gasteiger partial charge in [-0.25, -0.2) is 4.98 Å². The molecule has 0 bridgehead atoms. The van der Waals surface area contributed by atoms with Crippen molar-refractivity contribution in [1.82, 2.24) is 9.97 Å². The summed E-state index contributed by atoms with van der Waals surface area (Å²) in [6.45, 7) is 3.78. The van der Waals surface area contributed by atoms with Crippen molar-refractivity contribution in [2.24, 2.45) is 0 Å². The minimum atomic E-state index is -0.220. The molecule has 0 radical (unpaired) electrons. The predicted octanol–water partition coefficient (Wildman–Crippen LogP) is 4.83. The summed E-state index contributed by atoms with van der Waals surface area (Å²) in [5, 5.41) is 3.31. The van der Waals surface area contributed by atoms with Crippen LogP contribution in [0.5, 0.6) is 23.1 Å². The molecular weight excluding hydrogens is 462 g/mol. The molecule has 0 aliphatic carbocycles. The lowest BCUT2D eigenvalue weighted by Gasteiger charge is -2.23. The second-order valence-corrected chi connectivity index (χ2v) is 8.37. The van der Waals surface area contributed by atoms with Crippen molar-refractivity contribution in [3.05, 3.63) is 59.3 Å². The van der Waals surface area contributed by atoms with E-state index in [0.717, 1.165) is 47.9 Å². The molecule has 192 valence electrons. The lowest BCUT2D eigenvalue weighted by atomic mass is 10.1. The fourth-order valence-corrected chi connectivity index (χ4v) is 3.81. The smallest absolute Gasteiger partial charge is 0.230 e. The third-order valence-corrected chi connectivity index (χ3v) is 5.81. The monoisotopic (exact) mass is 495 g/mol. The summed E-state index contributed by atoms with van der Waals surface area (Å²) < 4.78 is 33.5. The number of nitrogens with zero attached hydrogens (tertiary/aromatic N) is 2. The summed E-state index contributed by atoms with van der Waals surface area (Å²) in [5.41, 5.74) is 3.61. The van der Waals surface area contributed by atoms with Gasteiger partial charge in [-0.1, -0.05) is 12.1 Å². The maximum Gasteiger partial charge on any atom is 0.230 e. The molecule has 0 amide bonds. The van der Waals surface area contributed by atoms with E-state index in [0.29, 0.717) is 42.8 Å². The van der Waals surface area contributed by atoms with E-state index in [1.54, 1.807) is 21.3 Å². The van der Waals surface area contributed by atoms with Crippen LogP contribution in [0.2, 0.25) is 0 Å². The molecule has 2 aromatic carbocycles. The Morgan fingerprint density at radius 3 is 2.33 bits per heavy atom. The van der Waals surface area contributed by atoms with Gasteiger partial charge in [0.25, 0.3) is 0 Å². The first kappa shape index (κ1) is 25.5. The van der Waals surface area contributed by atoms with E-state index in [1.165, 1.54) is 0 Å². The molecule has 0 spiro atoms. The molecular formula is C27H33N3O6. The second kappa shape index (κ2) is 12.4. The molecule has 4 rings (SSSR count). The third kappa shape index (κ3) is 6.77. The van der Waals surface area contributed by atoms with Gasteiger partial charge in [-0.05, 0) is 49.1 Å². The Balaban J connectivity index is 1.54. The van der Waals surface area contributed by atoms with Crippen molar-refractivity contribution < 1.29 is 28.4 Å². The Hall–Kier alpha value is -3.56. The second-order valence-electron chi connectivity index (χ2n) is 8.37. The number of benzene rings is 2. The van der Waals surface area contributed by atoms with Crippen molar-refractivity contribution in [2.45, 2.75) is 39.1 Å². The number of hydrogen-bond donors (Lipinski definition) is 1. The van der Waals surface area contributed by atoms with E-state index in [2.05, 4.69) is 10.3 Å². The minimum Gasteiger partial charge on any atom is -0.497 e.